The van der Waals surface area contributed by atoms with Crippen molar-refractivity contribution in [3.63, 3.8) is 0 Å². The van der Waals surface area contributed by atoms with Crippen LogP contribution in [0.5, 0.6) is 11.5 Å². The second kappa shape index (κ2) is 8.36. The van der Waals surface area contributed by atoms with Crippen molar-refractivity contribution in [3.05, 3.63) is 18.2 Å². The van der Waals surface area contributed by atoms with Crippen LogP contribution in [0, 0.1) is 5.92 Å². The maximum atomic E-state index is 12.9. The molecular formula is C18H23NO8S. The van der Waals surface area contributed by atoms with E-state index in [2.05, 4.69) is 0 Å². The predicted molar refractivity (Wildman–Crippen MR) is 96.5 cm³/mol. The summed E-state index contributed by atoms with van der Waals surface area (Å²) < 4.78 is 47.4. The lowest BCUT2D eigenvalue weighted by molar-refractivity contribution is -0.164. The summed E-state index contributed by atoms with van der Waals surface area (Å²) in [5, 5.41) is 0. The van der Waals surface area contributed by atoms with Gasteiger partial charge in [-0.25, -0.2) is 13.2 Å². The van der Waals surface area contributed by atoms with E-state index in [9.17, 15) is 18.0 Å². The number of benzene rings is 1. The SMILES string of the molecule is COc1ccc(S(=O)(=O)N2CCC(C(=O)O[C@@H]3CCOC3=O)CC2)cc1OC. The summed E-state index contributed by atoms with van der Waals surface area (Å²) >= 11 is 0. The number of sulfonamides is 1. The van der Waals surface area contributed by atoms with Gasteiger partial charge in [0.1, 0.15) is 0 Å². The third kappa shape index (κ3) is 4.07. The molecule has 28 heavy (non-hydrogen) atoms. The normalized spacial score (nSPS) is 21.2. The zero-order chi connectivity index (χ0) is 20.3. The van der Waals surface area contributed by atoms with E-state index in [1.165, 1.54) is 36.7 Å². The third-order valence-corrected chi connectivity index (χ3v) is 6.82. The molecule has 0 N–H and O–H groups in total. The van der Waals surface area contributed by atoms with Crippen LogP contribution < -0.4 is 9.47 Å². The first-order valence-corrected chi connectivity index (χ1v) is 10.4. The Morgan fingerprint density at radius 3 is 2.36 bits per heavy atom. The lowest BCUT2D eigenvalue weighted by Gasteiger charge is -2.30. The number of piperidine rings is 1. The molecule has 1 atom stereocenters. The maximum Gasteiger partial charge on any atom is 0.347 e. The van der Waals surface area contributed by atoms with Crippen molar-refractivity contribution in [2.45, 2.75) is 30.3 Å². The fourth-order valence-corrected chi connectivity index (χ4v) is 4.76. The van der Waals surface area contributed by atoms with Gasteiger partial charge in [-0.3, -0.25) is 4.79 Å². The number of nitrogens with zero attached hydrogens (tertiary/aromatic N) is 1. The quantitative estimate of drug-likeness (QED) is 0.635. The van der Waals surface area contributed by atoms with Crippen LogP contribution in [0.2, 0.25) is 0 Å². The molecule has 154 valence electrons. The molecular weight excluding hydrogens is 390 g/mol. The Morgan fingerprint density at radius 2 is 1.79 bits per heavy atom. The Bertz CT molecular complexity index is 845. The van der Waals surface area contributed by atoms with Crippen LogP contribution in [0.1, 0.15) is 19.3 Å². The molecule has 10 heteroatoms. The summed E-state index contributed by atoms with van der Waals surface area (Å²) in [7, 11) is -0.819. The first-order chi connectivity index (χ1) is 13.4. The topological polar surface area (TPSA) is 108 Å². The third-order valence-electron chi connectivity index (χ3n) is 4.93. The van der Waals surface area contributed by atoms with E-state index in [4.69, 9.17) is 18.9 Å². The van der Waals surface area contributed by atoms with Crippen molar-refractivity contribution in [1.29, 1.82) is 0 Å². The molecule has 0 radical (unpaired) electrons. The number of cyclic esters (lactones) is 1. The first kappa shape index (κ1) is 20.4. The molecule has 0 spiro atoms. The molecule has 0 amide bonds. The van der Waals surface area contributed by atoms with Gasteiger partial charge in [0.05, 0.1) is 31.6 Å². The van der Waals surface area contributed by atoms with Crippen molar-refractivity contribution < 1.29 is 37.0 Å². The Kier molecular flexibility index (Phi) is 6.09. The van der Waals surface area contributed by atoms with Crippen LogP contribution in [0.15, 0.2) is 23.1 Å². The number of esters is 2. The summed E-state index contributed by atoms with van der Waals surface area (Å²) in [6.45, 7) is 0.621. The zero-order valence-corrected chi connectivity index (χ0v) is 16.6. The van der Waals surface area contributed by atoms with Crippen LogP contribution >= 0.6 is 0 Å². The van der Waals surface area contributed by atoms with Crippen LogP contribution in [-0.2, 0) is 29.1 Å². The van der Waals surface area contributed by atoms with Crippen molar-refractivity contribution in [1.82, 2.24) is 4.31 Å². The largest absolute Gasteiger partial charge is 0.493 e. The highest BCUT2D eigenvalue weighted by molar-refractivity contribution is 7.89. The molecule has 2 fully saturated rings. The Balaban J connectivity index is 1.63. The second-order valence-corrected chi connectivity index (χ2v) is 8.51. The van der Waals surface area contributed by atoms with Gasteiger partial charge in [-0.05, 0) is 25.0 Å². The highest BCUT2D eigenvalue weighted by atomic mass is 32.2. The molecule has 0 aliphatic carbocycles. The van der Waals surface area contributed by atoms with Gasteiger partial charge in [0.15, 0.2) is 11.5 Å². The van der Waals surface area contributed by atoms with Gasteiger partial charge in [0.25, 0.3) is 0 Å². The molecule has 2 saturated heterocycles. The summed E-state index contributed by atoms with van der Waals surface area (Å²) in [6, 6.07) is 4.42. The van der Waals surface area contributed by atoms with Crippen molar-refractivity contribution in [3.8, 4) is 11.5 Å². The van der Waals surface area contributed by atoms with E-state index in [-0.39, 0.29) is 24.6 Å². The number of hydrogen-bond acceptors (Lipinski definition) is 8. The Labute approximate surface area is 163 Å². The van der Waals surface area contributed by atoms with E-state index < -0.39 is 34.0 Å². The lowest BCUT2D eigenvalue weighted by Crippen LogP contribution is -2.41. The van der Waals surface area contributed by atoms with Crippen LogP contribution in [-0.4, -0.2) is 64.7 Å². The van der Waals surface area contributed by atoms with E-state index in [1.54, 1.807) is 0 Å². The number of methoxy groups -OCH3 is 2. The van der Waals surface area contributed by atoms with Crippen molar-refractivity contribution in [2.75, 3.05) is 33.9 Å². The summed E-state index contributed by atoms with van der Waals surface area (Å²) in [5.74, 6) is -0.682. The minimum Gasteiger partial charge on any atom is -0.493 e. The summed E-state index contributed by atoms with van der Waals surface area (Å²) in [4.78, 5) is 23.8. The molecule has 9 nitrogen and oxygen atoms in total. The van der Waals surface area contributed by atoms with E-state index in [0.717, 1.165) is 0 Å². The van der Waals surface area contributed by atoms with Crippen molar-refractivity contribution in [2.24, 2.45) is 5.92 Å². The maximum absolute atomic E-state index is 12.9. The van der Waals surface area contributed by atoms with Gasteiger partial charge < -0.3 is 18.9 Å². The molecule has 0 saturated carbocycles. The van der Waals surface area contributed by atoms with Gasteiger partial charge in [-0.1, -0.05) is 0 Å². The van der Waals surface area contributed by atoms with Gasteiger partial charge >= 0.3 is 11.9 Å². The molecule has 0 bridgehead atoms. The average Bonchev–Trinajstić information content (AvgIpc) is 3.11. The number of ether oxygens (including phenoxy) is 4. The molecule has 3 rings (SSSR count). The molecule has 0 unspecified atom stereocenters. The number of carbonyl (C=O) groups excluding carboxylic acids is 2. The predicted octanol–water partition coefficient (Wildman–Crippen LogP) is 0.963. The van der Waals surface area contributed by atoms with Crippen molar-refractivity contribution >= 4 is 22.0 Å². The minimum absolute atomic E-state index is 0.0971. The standard InChI is InChI=1S/C18H23NO8S/c1-24-14-4-3-13(11-16(14)25-2)28(22,23)19-8-5-12(6-9-19)17(20)27-15-7-10-26-18(15)21/h3-4,11-12,15H,5-10H2,1-2H3/t15-/m1/s1. The van der Waals surface area contributed by atoms with E-state index in [0.29, 0.717) is 30.8 Å². The molecule has 2 aliphatic heterocycles. The van der Waals surface area contributed by atoms with Gasteiger partial charge in [-0.15, -0.1) is 0 Å². The monoisotopic (exact) mass is 413 g/mol. The minimum atomic E-state index is -3.73. The highest BCUT2D eigenvalue weighted by Crippen LogP contribution is 2.32. The first-order valence-electron chi connectivity index (χ1n) is 8.96. The number of hydrogen-bond donors (Lipinski definition) is 0. The fourth-order valence-electron chi connectivity index (χ4n) is 3.28. The molecule has 1 aromatic rings. The number of carbonyl (C=O) groups is 2. The smallest absolute Gasteiger partial charge is 0.347 e. The Hall–Kier alpha value is -2.33. The Morgan fingerprint density at radius 1 is 1.11 bits per heavy atom. The van der Waals surface area contributed by atoms with E-state index >= 15 is 0 Å². The fraction of sp³-hybridized carbons (Fsp3) is 0.556. The van der Waals surface area contributed by atoms with E-state index in [1.807, 2.05) is 0 Å². The molecule has 2 heterocycles. The van der Waals surface area contributed by atoms with Gasteiger partial charge in [0.2, 0.25) is 16.1 Å². The zero-order valence-electron chi connectivity index (χ0n) is 15.8. The number of rotatable bonds is 6. The van der Waals surface area contributed by atoms with Crippen LogP contribution in [0.25, 0.3) is 0 Å². The lowest BCUT2D eigenvalue weighted by atomic mass is 9.98. The van der Waals surface area contributed by atoms with Gasteiger partial charge in [0, 0.05) is 25.6 Å². The highest BCUT2D eigenvalue weighted by Gasteiger charge is 2.36. The van der Waals surface area contributed by atoms with Gasteiger partial charge in [-0.2, -0.15) is 4.31 Å². The molecule has 0 aromatic heterocycles. The van der Waals surface area contributed by atoms with Crippen LogP contribution in [0.4, 0.5) is 0 Å². The summed E-state index contributed by atoms with van der Waals surface area (Å²) in [6.07, 6.45) is 0.165. The summed E-state index contributed by atoms with van der Waals surface area (Å²) in [5.41, 5.74) is 0. The molecule has 1 aromatic carbocycles. The second-order valence-electron chi connectivity index (χ2n) is 6.58. The van der Waals surface area contributed by atoms with Crippen LogP contribution in [0.3, 0.4) is 0 Å². The molecule has 2 aliphatic rings. The average molecular weight is 413 g/mol.